The second-order valence-electron chi connectivity index (χ2n) is 3.49. The Morgan fingerprint density at radius 2 is 2.11 bits per heavy atom. The molecule has 2 heterocycles. The van der Waals surface area contributed by atoms with Gasteiger partial charge in [-0.05, 0) is 12.1 Å². The van der Waals surface area contributed by atoms with Gasteiger partial charge in [-0.2, -0.15) is 4.98 Å². The van der Waals surface area contributed by atoms with E-state index in [0.29, 0.717) is 0 Å². The van der Waals surface area contributed by atoms with Crippen LogP contribution in [0.15, 0.2) is 21.0 Å². The number of nitrogen functional groups attached to an aromatic ring is 1. The Kier molecular flexibility index (Phi) is 3.19. The summed E-state index contributed by atoms with van der Waals surface area (Å²) < 4.78 is 20.9. The molecule has 102 valence electrons. The van der Waals surface area contributed by atoms with E-state index in [4.69, 9.17) is 24.4 Å². The van der Waals surface area contributed by atoms with E-state index >= 15 is 0 Å². The number of anilines is 1. The van der Waals surface area contributed by atoms with Gasteiger partial charge >= 0.3 is 7.60 Å². The summed E-state index contributed by atoms with van der Waals surface area (Å²) in [4.78, 5) is 33.2. The fourth-order valence-electron chi connectivity index (χ4n) is 1.38. The van der Waals surface area contributed by atoms with E-state index in [2.05, 4.69) is 10.3 Å². The van der Waals surface area contributed by atoms with Crippen molar-refractivity contribution in [2.24, 2.45) is 0 Å². The van der Waals surface area contributed by atoms with Crippen LogP contribution in [-0.2, 0) is 4.57 Å². The van der Waals surface area contributed by atoms with Crippen LogP contribution < -0.4 is 16.6 Å². The lowest BCUT2D eigenvalue weighted by atomic mass is 10.2. The zero-order chi connectivity index (χ0) is 14.2. The average Bonchev–Trinajstić information content (AvgIpc) is 2.92. The van der Waals surface area contributed by atoms with Crippen molar-refractivity contribution in [2.75, 3.05) is 12.8 Å². The lowest BCUT2D eigenvalue weighted by Crippen LogP contribution is -2.17. The number of hydrogen-bond acceptors (Lipinski definition) is 6. The topological polar surface area (TPSA) is 152 Å². The van der Waals surface area contributed by atoms with Gasteiger partial charge in [-0.3, -0.25) is 9.36 Å². The predicted octanol–water partition coefficient (Wildman–Crippen LogP) is -0.321. The van der Waals surface area contributed by atoms with Gasteiger partial charge in [0.25, 0.3) is 11.9 Å². The Labute approximate surface area is 106 Å². The van der Waals surface area contributed by atoms with Crippen molar-refractivity contribution in [3.05, 3.63) is 17.9 Å². The highest BCUT2D eigenvalue weighted by molar-refractivity contribution is 7.59. The number of aromatic nitrogens is 1. The molecule has 0 radical (unpaired) electrons. The number of nitrogens with two attached hydrogens (primary N) is 1. The van der Waals surface area contributed by atoms with E-state index in [1.54, 1.807) is 0 Å². The molecule has 2 aromatic heterocycles. The van der Waals surface area contributed by atoms with Crippen molar-refractivity contribution >= 4 is 25.0 Å². The Morgan fingerprint density at radius 3 is 2.63 bits per heavy atom. The summed E-state index contributed by atoms with van der Waals surface area (Å²) in [5.74, 6) is -0.822. The lowest BCUT2D eigenvalue weighted by Gasteiger charge is -1.98. The highest BCUT2D eigenvalue weighted by Gasteiger charge is 2.26. The predicted molar refractivity (Wildman–Crippen MR) is 63.7 cm³/mol. The van der Waals surface area contributed by atoms with Gasteiger partial charge in [-0.1, -0.05) is 0 Å². The molecule has 0 aliphatic heterocycles. The minimum Gasteiger partial charge on any atom is -0.446 e. The van der Waals surface area contributed by atoms with Gasteiger partial charge in [0, 0.05) is 7.05 Å². The summed E-state index contributed by atoms with van der Waals surface area (Å²) in [5, 5.41) is 2.32. The van der Waals surface area contributed by atoms with Gasteiger partial charge in [-0.25, -0.2) is 0 Å². The maximum Gasteiger partial charge on any atom is 0.391 e. The number of hydrogen-bond donors (Lipinski definition) is 4. The maximum absolute atomic E-state index is 11.5. The van der Waals surface area contributed by atoms with Crippen LogP contribution in [0.25, 0.3) is 11.5 Å². The maximum atomic E-state index is 11.5. The second kappa shape index (κ2) is 4.54. The molecule has 0 aliphatic carbocycles. The molecule has 0 bridgehead atoms. The van der Waals surface area contributed by atoms with Crippen molar-refractivity contribution in [2.45, 2.75) is 0 Å². The normalized spacial score (nSPS) is 11.5. The summed E-state index contributed by atoms with van der Waals surface area (Å²) in [6.07, 6.45) is 0. The van der Waals surface area contributed by atoms with Crippen LogP contribution in [0.4, 0.5) is 6.01 Å². The number of oxazole rings is 1. The first-order valence-electron chi connectivity index (χ1n) is 4.97. The van der Waals surface area contributed by atoms with Crippen LogP contribution in [0.1, 0.15) is 10.6 Å². The van der Waals surface area contributed by atoms with Crippen molar-refractivity contribution in [3.8, 4) is 11.5 Å². The van der Waals surface area contributed by atoms with E-state index < -0.39 is 19.0 Å². The molecule has 0 unspecified atom stereocenters. The molecular weight excluding hydrogens is 277 g/mol. The summed E-state index contributed by atoms with van der Waals surface area (Å²) in [6, 6.07) is 2.09. The Morgan fingerprint density at radius 1 is 1.42 bits per heavy atom. The van der Waals surface area contributed by atoms with Crippen LogP contribution in [0.3, 0.4) is 0 Å². The number of carbonyl (C=O) groups excluding carboxylic acids is 1. The number of nitrogens with one attached hydrogen (secondary N) is 1. The molecule has 0 aromatic carbocycles. The molecule has 19 heavy (non-hydrogen) atoms. The molecule has 1 amide bonds. The van der Waals surface area contributed by atoms with Gasteiger partial charge in [0.1, 0.15) is 0 Å². The second-order valence-corrected chi connectivity index (χ2v) is 5.02. The standard InChI is InChI=1S/C9H10N3O6P/c1-11-8(13)7-6(12-9(10)18-7)4-2-3-5(17-4)19(14,15)16/h2-3H,1H3,(H2,10,12)(H,11,13)(H2,14,15,16). The fraction of sp³-hybridized carbons (Fsp3) is 0.111. The number of carbonyl (C=O) groups is 1. The highest BCUT2D eigenvalue weighted by Crippen LogP contribution is 2.36. The van der Waals surface area contributed by atoms with Gasteiger partial charge in [0.2, 0.25) is 11.3 Å². The molecule has 5 N–H and O–H groups in total. The van der Waals surface area contributed by atoms with E-state index in [9.17, 15) is 9.36 Å². The summed E-state index contributed by atoms with van der Waals surface area (Å²) in [6.45, 7) is 0. The summed E-state index contributed by atoms with van der Waals surface area (Å²) in [5.41, 5.74) is 4.78. The van der Waals surface area contributed by atoms with E-state index in [1.165, 1.54) is 13.1 Å². The van der Waals surface area contributed by atoms with Crippen LogP contribution in [0.2, 0.25) is 0 Å². The van der Waals surface area contributed by atoms with Gasteiger partial charge in [0.05, 0.1) is 0 Å². The fourth-order valence-corrected chi connectivity index (χ4v) is 1.87. The van der Waals surface area contributed by atoms with E-state index in [0.717, 1.165) is 6.07 Å². The van der Waals surface area contributed by atoms with Crippen LogP contribution >= 0.6 is 7.60 Å². The smallest absolute Gasteiger partial charge is 0.391 e. The van der Waals surface area contributed by atoms with Crippen molar-refractivity contribution < 1.29 is 28.0 Å². The zero-order valence-electron chi connectivity index (χ0n) is 9.65. The van der Waals surface area contributed by atoms with Crippen molar-refractivity contribution in [3.63, 3.8) is 0 Å². The molecule has 0 aliphatic rings. The highest BCUT2D eigenvalue weighted by atomic mass is 31.2. The van der Waals surface area contributed by atoms with Crippen molar-refractivity contribution in [1.29, 1.82) is 0 Å². The largest absolute Gasteiger partial charge is 0.446 e. The summed E-state index contributed by atoms with van der Waals surface area (Å²) in [7, 11) is -3.13. The van der Waals surface area contributed by atoms with E-state index in [-0.39, 0.29) is 23.2 Å². The van der Waals surface area contributed by atoms with Gasteiger partial charge < -0.3 is 29.7 Å². The first-order chi connectivity index (χ1) is 8.82. The number of rotatable bonds is 3. The zero-order valence-corrected chi connectivity index (χ0v) is 10.5. The average molecular weight is 287 g/mol. The van der Waals surface area contributed by atoms with E-state index in [1.807, 2.05) is 0 Å². The molecule has 2 rings (SSSR count). The van der Waals surface area contributed by atoms with Crippen LogP contribution in [-0.4, -0.2) is 27.7 Å². The molecule has 0 saturated heterocycles. The molecule has 9 nitrogen and oxygen atoms in total. The van der Waals surface area contributed by atoms with Crippen LogP contribution in [0.5, 0.6) is 0 Å². The first-order valence-corrected chi connectivity index (χ1v) is 6.59. The Hall–Kier alpha value is -2.09. The van der Waals surface area contributed by atoms with Crippen molar-refractivity contribution in [1.82, 2.24) is 10.3 Å². The van der Waals surface area contributed by atoms with Crippen LogP contribution in [0, 0.1) is 0 Å². The molecular formula is C9H10N3O6P. The third-order valence-electron chi connectivity index (χ3n) is 2.19. The third-order valence-corrected chi connectivity index (χ3v) is 3.00. The molecule has 0 atom stereocenters. The Bertz CT molecular complexity index is 669. The molecule has 10 heteroatoms. The number of nitrogens with zero attached hydrogens (tertiary/aromatic N) is 1. The van der Waals surface area contributed by atoms with Gasteiger partial charge in [-0.15, -0.1) is 0 Å². The number of amides is 1. The first kappa shape index (κ1) is 13.3. The monoisotopic (exact) mass is 287 g/mol. The quantitative estimate of drug-likeness (QED) is 0.560. The third kappa shape index (κ3) is 2.53. The molecule has 0 spiro atoms. The molecule has 0 fully saturated rings. The minimum atomic E-state index is -4.51. The number of furan rings is 1. The summed E-state index contributed by atoms with van der Waals surface area (Å²) >= 11 is 0. The minimum absolute atomic E-state index is 0.0302. The van der Waals surface area contributed by atoms with Gasteiger partial charge in [0.15, 0.2) is 11.5 Å². The lowest BCUT2D eigenvalue weighted by molar-refractivity contribution is 0.0937. The molecule has 0 saturated carbocycles. The Balaban J connectivity index is 2.50. The SMILES string of the molecule is CNC(=O)c1oc(N)nc1-c1ccc(P(=O)(O)O)o1. The molecule has 2 aromatic rings.